The minimum atomic E-state index is -0.104. The molecule has 4 aromatic rings. The van der Waals surface area contributed by atoms with E-state index in [0.29, 0.717) is 24.8 Å². The molecule has 1 saturated heterocycles. The Morgan fingerprint density at radius 3 is 2.64 bits per heavy atom. The largest absolute Gasteiger partial charge is 0.481 e. The summed E-state index contributed by atoms with van der Waals surface area (Å²) in [5.41, 5.74) is 5.31. The van der Waals surface area contributed by atoms with Gasteiger partial charge in [-0.2, -0.15) is 0 Å². The molecule has 36 heavy (non-hydrogen) atoms. The van der Waals surface area contributed by atoms with Crippen molar-refractivity contribution in [1.29, 1.82) is 0 Å². The zero-order valence-corrected chi connectivity index (χ0v) is 20.1. The molecule has 1 fully saturated rings. The molecular formula is C26H29N7O3. The summed E-state index contributed by atoms with van der Waals surface area (Å²) in [6.07, 6.45) is 5.22. The first kappa shape index (κ1) is 23.9. The number of nitrogens with zero attached hydrogens (tertiary/aromatic N) is 5. The summed E-state index contributed by atoms with van der Waals surface area (Å²) >= 11 is 0. The lowest BCUT2D eigenvalue weighted by molar-refractivity contribution is -0.117. The number of nitrogens with one attached hydrogen (secondary N) is 2. The molecule has 0 aromatic carbocycles. The second-order valence-corrected chi connectivity index (χ2v) is 8.68. The number of aromatic nitrogens is 4. The zero-order valence-electron chi connectivity index (χ0n) is 20.1. The fourth-order valence-electron chi connectivity index (χ4n) is 4.52. The molecule has 0 spiro atoms. The minimum absolute atomic E-state index is 0.104. The van der Waals surface area contributed by atoms with Gasteiger partial charge in [-0.1, -0.05) is 0 Å². The average molecular weight is 488 g/mol. The topological polar surface area (TPSA) is 120 Å². The van der Waals surface area contributed by atoms with Crippen LogP contribution in [-0.2, 0) is 4.79 Å². The second-order valence-electron chi connectivity index (χ2n) is 8.68. The Morgan fingerprint density at radius 2 is 1.89 bits per heavy atom. The highest BCUT2D eigenvalue weighted by molar-refractivity contribution is 6.01. The quantitative estimate of drug-likeness (QED) is 0.346. The first-order chi connectivity index (χ1) is 17.6. The maximum absolute atomic E-state index is 12.7. The van der Waals surface area contributed by atoms with Crippen molar-refractivity contribution in [2.75, 3.05) is 58.3 Å². The van der Waals surface area contributed by atoms with E-state index in [4.69, 9.17) is 9.84 Å². The van der Waals surface area contributed by atoms with E-state index in [-0.39, 0.29) is 12.5 Å². The van der Waals surface area contributed by atoms with Gasteiger partial charge in [0.25, 0.3) is 0 Å². The van der Waals surface area contributed by atoms with Crippen LogP contribution in [0.4, 0.5) is 5.82 Å². The smallest absolute Gasteiger partial charge is 0.239 e. The molecule has 1 amide bonds. The summed E-state index contributed by atoms with van der Waals surface area (Å²) in [5, 5.41) is 12.0. The number of amides is 1. The van der Waals surface area contributed by atoms with Crippen LogP contribution >= 0.6 is 0 Å². The number of carbonyl (C=O) groups is 1. The van der Waals surface area contributed by atoms with Crippen LogP contribution in [0.3, 0.4) is 0 Å². The predicted octanol–water partition coefficient (Wildman–Crippen LogP) is 2.24. The number of aromatic amines is 1. The van der Waals surface area contributed by atoms with Gasteiger partial charge in [-0.15, -0.1) is 0 Å². The third kappa shape index (κ3) is 5.20. The van der Waals surface area contributed by atoms with Crippen LogP contribution < -0.4 is 10.1 Å². The number of anilines is 1. The lowest BCUT2D eigenvalue weighted by Gasteiger charge is -2.33. The molecule has 10 nitrogen and oxygen atoms in total. The van der Waals surface area contributed by atoms with Crippen LogP contribution in [0.2, 0.25) is 0 Å². The lowest BCUT2D eigenvalue weighted by Crippen LogP contribution is -2.49. The summed E-state index contributed by atoms with van der Waals surface area (Å²) in [6.45, 7) is 4.42. The number of H-pyrrole nitrogens is 1. The van der Waals surface area contributed by atoms with E-state index in [1.165, 1.54) is 0 Å². The van der Waals surface area contributed by atoms with E-state index in [0.717, 1.165) is 59.6 Å². The van der Waals surface area contributed by atoms with Crippen LogP contribution in [0.25, 0.3) is 33.4 Å². The average Bonchev–Trinajstić information content (AvgIpc) is 3.30. The van der Waals surface area contributed by atoms with Crippen molar-refractivity contribution >= 4 is 22.8 Å². The molecular weight excluding hydrogens is 458 g/mol. The molecule has 5 heterocycles. The zero-order chi connectivity index (χ0) is 24.9. The van der Waals surface area contributed by atoms with Gasteiger partial charge in [0.15, 0.2) is 0 Å². The van der Waals surface area contributed by atoms with E-state index in [9.17, 15) is 4.79 Å². The SMILES string of the molecule is COc1ccc(-c2c(-c3ccnc(NC(=O)CN4CCN(CCO)CC4)c3)[nH]c3cccnc23)cn1. The number of hydrogen-bond acceptors (Lipinski definition) is 8. The molecule has 5 rings (SSSR count). The number of fused-ring (bicyclic) bond motifs is 1. The summed E-state index contributed by atoms with van der Waals surface area (Å²) < 4.78 is 5.21. The van der Waals surface area contributed by atoms with Crippen molar-refractivity contribution in [2.45, 2.75) is 0 Å². The van der Waals surface area contributed by atoms with Gasteiger partial charge in [-0.05, 0) is 30.3 Å². The van der Waals surface area contributed by atoms with Gasteiger partial charge >= 0.3 is 0 Å². The maximum atomic E-state index is 12.7. The molecule has 10 heteroatoms. The number of pyridine rings is 3. The van der Waals surface area contributed by atoms with Gasteiger partial charge < -0.3 is 20.1 Å². The Bertz CT molecular complexity index is 1330. The highest BCUT2D eigenvalue weighted by atomic mass is 16.5. The highest BCUT2D eigenvalue weighted by Gasteiger charge is 2.20. The number of methoxy groups -OCH3 is 1. The lowest BCUT2D eigenvalue weighted by atomic mass is 10.0. The van der Waals surface area contributed by atoms with E-state index >= 15 is 0 Å². The maximum Gasteiger partial charge on any atom is 0.239 e. The second kappa shape index (κ2) is 10.8. The van der Waals surface area contributed by atoms with Crippen LogP contribution in [-0.4, -0.2) is 93.7 Å². The minimum Gasteiger partial charge on any atom is -0.481 e. The summed E-state index contributed by atoms with van der Waals surface area (Å²) in [7, 11) is 1.59. The van der Waals surface area contributed by atoms with Crippen LogP contribution in [0.15, 0.2) is 55.0 Å². The fraction of sp³-hybridized carbons (Fsp3) is 0.308. The third-order valence-corrected chi connectivity index (χ3v) is 6.35. The van der Waals surface area contributed by atoms with E-state index < -0.39 is 0 Å². The highest BCUT2D eigenvalue weighted by Crippen LogP contribution is 2.37. The third-order valence-electron chi connectivity index (χ3n) is 6.35. The van der Waals surface area contributed by atoms with Crippen LogP contribution in [0.5, 0.6) is 5.88 Å². The van der Waals surface area contributed by atoms with Crippen molar-refractivity contribution in [3.05, 3.63) is 55.0 Å². The first-order valence-electron chi connectivity index (χ1n) is 11.9. The molecule has 1 aliphatic heterocycles. The molecule has 0 radical (unpaired) electrons. The van der Waals surface area contributed by atoms with Gasteiger partial charge in [-0.3, -0.25) is 19.6 Å². The molecule has 0 atom stereocenters. The molecule has 0 bridgehead atoms. The van der Waals surface area contributed by atoms with E-state index in [1.807, 2.05) is 36.4 Å². The van der Waals surface area contributed by atoms with E-state index in [1.54, 1.807) is 25.7 Å². The van der Waals surface area contributed by atoms with Crippen molar-refractivity contribution in [3.8, 4) is 28.3 Å². The Balaban J connectivity index is 1.37. The molecule has 3 N–H and O–H groups in total. The van der Waals surface area contributed by atoms with Gasteiger partial charge in [0.2, 0.25) is 11.8 Å². The van der Waals surface area contributed by atoms with Gasteiger partial charge in [0.05, 0.1) is 37.0 Å². The number of piperazine rings is 1. The van der Waals surface area contributed by atoms with Crippen molar-refractivity contribution < 1.29 is 14.6 Å². The molecule has 0 aliphatic carbocycles. The molecule has 0 unspecified atom stereocenters. The molecule has 186 valence electrons. The van der Waals surface area contributed by atoms with Gasteiger partial charge in [0, 0.05) is 74.1 Å². The number of rotatable bonds is 8. The van der Waals surface area contributed by atoms with Crippen LogP contribution in [0, 0.1) is 0 Å². The normalized spacial score (nSPS) is 14.7. The van der Waals surface area contributed by atoms with Crippen molar-refractivity contribution in [2.24, 2.45) is 0 Å². The summed E-state index contributed by atoms with van der Waals surface area (Å²) in [4.78, 5) is 33.9. The number of hydrogen-bond donors (Lipinski definition) is 3. The standard InChI is InChI=1S/C26H29N7O3/c1-36-23-5-4-19(16-29-23)24-25(30-20-3-2-7-28-26(20)24)18-6-8-27-21(15-18)31-22(35)17-33-11-9-32(10-12-33)13-14-34/h2-8,15-16,30,34H,9-14,17H2,1H3,(H,27,31,35). The van der Waals surface area contributed by atoms with Crippen LogP contribution in [0.1, 0.15) is 0 Å². The summed E-state index contributed by atoms with van der Waals surface area (Å²) in [6, 6.07) is 11.4. The number of ether oxygens (including phenoxy) is 1. The Hall–Kier alpha value is -3.86. The Kier molecular flexibility index (Phi) is 7.17. The number of carbonyl (C=O) groups excluding carboxylic acids is 1. The molecule has 4 aromatic heterocycles. The number of aliphatic hydroxyl groups is 1. The van der Waals surface area contributed by atoms with Gasteiger partial charge in [0.1, 0.15) is 5.82 Å². The van der Waals surface area contributed by atoms with Crippen molar-refractivity contribution in [1.82, 2.24) is 29.7 Å². The first-order valence-corrected chi connectivity index (χ1v) is 11.9. The fourth-order valence-corrected chi connectivity index (χ4v) is 4.52. The molecule has 1 aliphatic rings. The van der Waals surface area contributed by atoms with Gasteiger partial charge in [-0.25, -0.2) is 9.97 Å². The predicted molar refractivity (Wildman–Crippen MR) is 138 cm³/mol. The monoisotopic (exact) mass is 487 g/mol. The Labute approximate surface area is 209 Å². The number of aliphatic hydroxyl groups excluding tert-OH is 1. The van der Waals surface area contributed by atoms with Crippen molar-refractivity contribution in [3.63, 3.8) is 0 Å². The van der Waals surface area contributed by atoms with E-state index in [2.05, 4.69) is 35.1 Å². The Morgan fingerprint density at radius 1 is 1.06 bits per heavy atom. The molecule has 0 saturated carbocycles. The number of β-amino-alcohol motifs (C(OH)–C–C–N with tert-alkyl or cyclic N) is 1. The summed E-state index contributed by atoms with van der Waals surface area (Å²) in [5.74, 6) is 0.923.